The summed E-state index contributed by atoms with van der Waals surface area (Å²) >= 11 is 1.88. The minimum absolute atomic E-state index is 0.111. The van der Waals surface area contributed by atoms with Gasteiger partial charge in [0.25, 0.3) is 0 Å². The van der Waals surface area contributed by atoms with E-state index in [-0.39, 0.29) is 5.41 Å². The Morgan fingerprint density at radius 3 is 2.12 bits per heavy atom. The van der Waals surface area contributed by atoms with Crippen LogP contribution in [0.1, 0.15) is 43.0 Å². The molecule has 0 bridgehead atoms. The Morgan fingerprint density at radius 1 is 0.688 bits per heavy atom. The monoisotopic (exact) mass is 435 g/mol. The molecule has 160 valence electrons. The number of fused-ring (bicyclic) bond motifs is 3. The number of aryl methyl sites for hydroxylation is 3. The van der Waals surface area contributed by atoms with Crippen molar-refractivity contribution in [2.45, 2.75) is 47.0 Å². The van der Waals surface area contributed by atoms with Crippen molar-refractivity contribution in [3.05, 3.63) is 89.1 Å². The lowest BCUT2D eigenvalue weighted by Gasteiger charge is -2.19. The molecular formula is C30H29NS. The molecule has 2 heteroatoms. The quantitative estimate of drug-likeness (QED) is 0.269. The highest BCUT2D eigenvalue weighted by atomic mass is 32.1. The second-order valence-corrected chi connectivity index (χ2v) is 11.1. The molecular weight excluding hydrogens is 406 g/mol. The van der Waals surface area contributed by atoms with Gasteiger partial charge >= 0.3 is 0 Å². The van der Waals surface area contributed by atoms with Crippen LogP contribution in [0.5, 0.6) is 0 Å². The maximum atomic E-state index is 4.68. The number of aromatic nitrogens is 1. The summed E-state index contributed by atoms with van der Waals surface area (Å²) in [5, 5.41) is 2.64. The third-order valence-corrected chi connectivity index (χ3v) is 7.49. The molecule has 0 amide bonds. The number of hydrogen-bond donors (Lipinski definition) is 0. The van der Waals surface area contributed by atoms with Crippen molar-refractivity contribution >= 4 is 31.5 Å². The van der Waals surface area contributed by atoms with Crippen molar-refractivity contribution in [3.8, 4) is 22.4 Å². The highest BCUT2D eigenvalue weighted by Gasteiger charge is 2.16. The van der Waals surface area contributed by atoms with Gasteiger partial charge in [0, 0.05) is 31.9 Å². The molecule has 0 radical (unpaired) electrons. The highest BCUT2D eigenvalue weighted by Crippen LogP contribution is 2.39. The summed E-state index contributed by atoms with van der Waals surface area (Å²) < 4.78 is 2.66. The van der Waals surface area contributed by atoms with Gasteiger partial charge in [0.2, 0.25) is 0 Å². The molecule has 0 aliphatic rings. The standard InChI is InChI=1S/C30H29NS/c1-18-13-19(2)29(20(3)14-18)22-7-9-24-25-15-21(8-10-27(25)32-28(24)16-22)26-17-23(11-12-31-26)30(4,5)6/h7-17H,1-6H3. The van der Waals surface area contributed by atoms with E-state index in [0.717, 1.165) is 5.69 Å². The third-order valence-electron chi connectivity index (χ3n) is 6.36. The number of thiophene rings is 1. The second kappa shape index (κ2) is 7.56. The lowest BCUT2D eigenvalue weighted by Crippen LogP contribution is -2.11. The van der Waals surface area contributed by atoms with E-state index < -0.39 is 0 Å². The maximum absolute atomic E-state index is 4.68. The Kier molecular flexibility index (Phi) is 4.94. The molecule has 0 aliphatic heterocycles. The van der Waals surface area contributed by atoms with Gasteiger partial charge in [0.05, 0.1) is 5.69 Å². The first-order valence-electron chi connectivity index (χ1n) is 11.2. The van der Waals surface area contributed by atoms with Crippen LogP contribution in [-0.4, -0.2) is 4.98 Å². The van der Waals surface area contributed by atoms with Crippen molar-refractivity contribution in [1.29, 1.82) is 0 Å². The van der Waals surface area contributed by atoms with Crippen molar-refractivity contribution in [2.75, 3.05) is 0 Å². The number of rotatable bonds is 2. The van der Waals surface area contributed by atoms with E-state index >= 15 is 0 Å². The SMILES string of the molecule is Cc1cc(C)c(-c2ccc3c(c2)sc2ccc(-c4cc(C(C)(C)C)ccn4)cc23)c(C)c1. The molecule has 0 atom stereocenters. The second-order valence-electron chi connectivity index (χ2n) is 9.98. The molecule has 0 spiro atoms. The zero-order valence-electron chi connectivity index (χ0n) is 19.7. The van der Waals surface area contributed by atoms with Gasteiger partial charge in [-0.2, -0.15) is 0 Å². The maximum Gasteiger partial charge on any atom is 0.0705 e. The summed E-state index contributed by atoms with van der Waals surface area (Å²) in [7, 11) is 0. The van der Waals surface area contributed by atoms with Crippen LogP contribution in [0, 0.1) is 20.8 Å². The summed E-state index contributed by atoms with van der Waals surface area (Å²) in [6.07, 6.45) is 1.93. The zero-order chi connectivity index (χ0) is 22.6. The Labute approximate surface area is 194 Å². The molecule has 0 saturated carbocycles. The lowest BCUT2D eigenvalue weighted by atomic mass is 9.87. The van der Waals surface area contributed by atoms with Gasteiger partial charge in [-0.25, -0.2) is 0 Å². The third kappa shape index (κ3) is 3.63. The molecule has 1 nitrogen and oxygen atoms in total. The minimum atomic E-state index is 0.111. The van der Waals surface area contributed by atoms with E-state index in [2.05, 4.69) is 107 Å². The first kappa shape index (κ1) is 20.9. The van der Waals surface area contributed by atoms with Gasteiger partial charge in [-0.15, -0.1) is 11.3 Å². The van der Waals surface area contributed by atoms with E-state index in [1.165, 1.54) is 59.1 Å². The van der Waals surface area contributed by atoms with Crippen LogP contribution in [-0.2, 0) is 5.41 Å². The van der Waals surface area contributed by atoms with Crippen LogP contribution in [0.3, 0.4) is 0 Å². The summed E-state index contributed by atoms with van der Waals surface area (Å²) in [6.45, 7) is 13.3. The van der Waals surface area contributed by atoms with Crippen LogP contribution in [0.4, 0.5) is 0 Å². The molecule has 0 saturated heterocycles. The number of pyridine rings is 1. The Balaban J connectivity index is 1.63. The van der Waals surface area contributed by atoms with Gasteiger partial charge in [-0.3, -0.25) is 4.98 Å². The van der Waals surface area contributed by atoms with Gasteiger partial charge in [-0.05, 0) is 84.3 Å². The Hall–Kier alpha value is -2.97. The number of benzene rings is 3. The fourth-order valence-electron chi connectivity index (χ4n) is 4.78. The van der Waals surface area contributed by atoms with Crippen molar-refractivity contribution in [3.63, 3.8) is 0 Å². The van der Waals surface area contributed by atoms with E-state index in [4.69, 9.17) is 0 Å². The van der Waals surface area contributed by atoms with Gasteiger partial charge in [0.15, 0.2) is 0 Å². The molecule has 2 heterocycles. The molecule has 0 fully saturated rings. The number of nitrogens with zero attached hydrogens (tertiary/aromatic N) is 1. The van der Waals surface area contributed by atoms with Crippen LogP contribution in [0.25, 0.3) is 42.6 Å². The summed E-state index contributed by atoms with van der Waals surface area (Å²) in [6, 6.07) is 22.6. The predicted octanol–water partition coefficient (Wildman–Crippen LogP) is 9.01. The Morgan fingerprint density at radius 2 is 1.41 bits per heavy atom. The first-order valence-corrected chi connectivity index (χ1v) is 12.0. The predicted molar refractivity (Wildman–Crippen MR) is 141 cm³/mol. The summed E-state index contributed by atoms with van der Waals surface area (Å²) in [5.41, 5.74) is 10.3. The molecule has 3 aromatic carbocycles. The smallest absolute Gasteiger partial charge is 0.0705 e. The highest BCUT2D eigenvalue weighted by molar-refractivity contribution is 7.25. The number of hydrogen-bond acceptors (Lipinski definition) is 2. The fraction of sp³-hybridized carbons (Fsp3) is 0.233. The van der Waals surface area contributed by atoms with Gasteiger partial charge in [0.1, 0.15) is 0 Å². The molecule has 5 aromatic rings. The molecule has 0 aliphatic carbocycles. The normalized spacial score (nSPS) is 12.1. The molecule has 2 aromatic heterocycles. The van der Waals surface area contributed by atoms with Crippen molar-refractivity contribution in [2.24, 2.45) is 0 Å². The van der Waals surface area contributed by atoms with Gasteiger partial charge < -0.3 is 0 Å². The van der Waals surface area contributed by atoms with Crippen LogP contribution in [0.2, 0.25) is 0 Å². The average Bonchev–Trinajstić information content (AvgIpc) is 3.09. The van der Waals surface area contributed by atoms with Gasteiger partial charge in [-0.1, -0.05) is 56.7 Å². The summed E-state index contributed by atoms with van der Waals surface area (Å²) in [4.78, 5) is 4.68. The fourth-order valence-corrected chi connectivity index (χ4v) is 5.91. The van der Waals surface area contributed by atoms with E-state index in [1.54, 1.807) is 0 Å². The lowest BCUT2D eigenvalue weighted by molar-refractivity contribution is 0.589. The Bertz CT molecular complexity index is 1460. The largest absolute Gasteiger partial charge is 0.256 e. The van der Waals surface area contributed by atoms with Crippen LogP contribution in [0.15, 0.2) is 66.9 Å². The van der Waals surface area contributed by atoms with E-state index in [0.29, 0.717) is 0 Å². The van der Waals surface area contributed by atoms with Crippen molar-refractivity contribution in [1.82, 2.24) is 4.98 Å². The average molecular weight is 436 g/mol. The van der Waals surface area contributed by atoms with Crippen LogP contribution < -0.4 is 0 Å². The molecule has 5 rings (SSSR count). The van der Waals surface area contributed by atoms with Crippen LogP contribution >= 0.6 is 11.3 Å². The van der Waals surface area contributed by atoms with E-state index in [9.17, 15) is 0 Å². The van der Waals surface area contributed by atoms with Crippen molar-refractivity contribution < 1.29 is 0 Å². The minimum Gasteiger partial charge on any atom is -0.256 e. The molecule has 0 N–H and O–H groups in total. The topological polar surface area (TPSA) is 12.9 Å². The molecule has 0 unspecified atom stereocenters. The molecule has 32 heavy (non-hydrogen) atoms. The van der Waals surface area contributed by atoms with E-state index in [1.807, 2.05) is 17.5 Å². The summed E-state index contributed by atoms with van der Waals surface area (Å²) in [5.74, 6) is 0. The zero-order valence-corrected chi connectivity index (χ0v) is 20.5. The first-order chi connectivity index (χ1) is 15.2.